The quantitative estimate of drug-likeness (QED) is 0.324. The number of para-hydroxylation sites is 1. The first kappa shape index (κ1) is 18.9. The number of ketones is 1. The minimum Gasteiger partial charge on any atom is -0.493 e. The van der Waals surface area contributed by atoms with Crippen LogP contribution in [0.5, 0.6) is 11.5 Å². The molecule has 8 nitrogen and oxygen atoms in total. The molecule has 136 valence electrons. The van der Waals surface area contributed by atoms with Crippen LogP contribution in [-0.4, -0.2) is 37.5 Å². The van der Waals surface area contributed by atoms with Crippen LogP contribution in [0.1, 0.15) is 26.3 Å². The standard InChI is InChI=1S/C18H17NO7/c1-11-7-8-12(9-14(11)19(22)23)15(20)10-26-18(21)13-5-4-6-16(24-2)17(13)25-3/h4-9H,10H2,1-3H3. The molecule has 0 atom stereocenters. The highest BCUT2D eigenvalue weighted by Gasteiger charge is 2.20. The van der Waals surface area contributed by atoms with Crippen molar-refractivity contribution >= 4 is 17.4 Å². The maximum absolute atomic E-state index is 12.2. The van der Waals surface area contributed by atoms with Gasteiger partial charge in [0.25, 0.3) is 5.69 Å². The van der Waals surface area contributed by atoms with Gasteiger partial charge in [-0.05, 0) is 19.1 Å². The van der Waals surface area contributed by atoms with Crippen molar-refractivity contribution in [1.82, 2.24) is 0 Å². The Morgan fingerprint density at radius 2 is 1.85 bits per heavy atom. The highest BCUT2D eigenvalue weighted by Crippen LogP contribution is 2.31. The van der Waals surface area contributed by atoms with E-state index in [0.29, 0.717) is 11.3 Å². The molecule has 0 unspecified atom stereocenters. The molecule has 0 bridgehead atoms. The molecular formula is C18H17NO7. The van der Waals surface area contributed by atoms with E-state index in [1.54, 1.807) is 19.1 Å². The molecule has 0 amide bonds. The predicted octanol–water partition coefficient (Wildman–Crippen LogP) is 2.96. The van der Waals surface area contributed by atoms with Gasteiger partial charge in [0.2, 0.25) is 5.78 Å². The molecule has 0 aromatic heterocycles. The number of carbonyl (C=O) groups excluding carboxylic acids is 2. The summed E-state index contributed by atoms with van der Waals surface area (Å²) in [6, 6.07) is 8.76. The fourth-order valence-corrected chi connectivity index (χ4v) is 2.32. The fourth-order valence-electron chi connectivity index (χ4n) is 2.32. The van der Waals surface area contributed by atoms with Gasteiger partial charge in [0, 0.05) is 17.2 Å². The van der Waals surface area contributed by atoms with Gasteiger partial charge in [-0.2, -0.15) is 0 Å². The molecule has 0 saturated heterocycles. The Labute approximate surface area is 149 Å². The number of nitro benzene ring substituents is 1. The van der Waals surface area contributed by atoms with Crippen molar-refractivity contribution in [2.24, 2.45) is 0 Å². The number of ether oxygens (including phenoxy) is 3. The summed E-state index contributed by atoms with van der Waals surface area (Å²) in [5.74, 6) is -0.778. The van der Waals surface area contributed by atoms with E-state index in [1.165, 1.54) is 32.4 Å². The maximum atomic E-state index is 12.2. The minimum atomic E-state index is -0.768. The molecule has 2 aromatic carbocycles. The monoisotopic (exact) mass is 359 g/mol. The summed E-state index contributed by atoms with van der Waals surface area (Å²) < 4.78 is 15.3. The molecule has 26 heavy (non-hydrogen) atoms. The Morgan fingerprint density at radius 3 is 2.46 bits per heavy atom. The average molecular weight is 359 g/mol. The van der Waals surface area contributed by atoms with Gasteiger partial charge >= 0.3 is 5.97 Å². The van der Waals surface area contributed by atoms with Crippen LogP contribution in [0.3, 0.4) is 0 Å². The van der Waals surface area contributed by atoms with Crippen LogP contribution in [0.2, 0.25) is 0 Å². The van der Waals surface area contributed by atoms with Gasteiger partial charge in [-0.25, -0.2) is 4.79 Å². The molecule has 0 aliphatic heterocycles. The zero-order valence-corrected chi connectivity index (χ0v) is 14.5. The molecule has 8 heteroatoms. The number of esters is 1. The van der Waals surface area contributed by atoms with E-state index < -0.39 is 23.3 Å². The van der Waals surface area contributed by atoms with Crippen LogP contribution >= 0.6 is 0 Å². The van der Waals surface area contributed by atoms with Gasteiger partial charge in [0.15, 0.2) is 18.1 Å². The first-order valence-corrected chi connectivity index (χ1v) is 7.55. The second-order valence-electron chi connectivity index (χ2n) is 5.30. The zero-order valence-electron chi connectivity index (χ0n) is 14.5. The molecule has 0 aliphatic carbocycles. The molecule has 0 N–H and O–H groups in total. The molecule has 0 radical (unpaired) electrons. The number of hydrogen-bond acceptors (Lipinski definition) is 7. The van der Waals surface area contributed by atoms with E-state index in [-0.39, 0.29) is 22.6 Å². The number of carbonyl (C=O) groups is 2. The summed E-state index contributed by atoms with van der Waals surface area (Å²) >= 11 is 0. The van der Waals surface area contributed by atoms with E-state index in [0.717, 1.165) is 6.07 Å². The summed E-state index contributed by atoms with van der Waals surface area (Å²) in [5.41, 5.74) is 0.462. The van der Waals surface area contributed by atoms with E-state index in [2.05, 4.69) is 0 Å². The Balaban J connectivity index is 2.14. The molecule has 2 aromatic rings. The van der Waals surface area contributed by atoms with Crippen molar-refractivity contribution in [1.29, 1.82) is 0 Å². The van der Waals surface area contributed by atoms with Gasteiger partial charge in [0.1, 0.15) is 5.56 Å². The molecular weight excluding hydrogens is 342 g/mol. The lowest BCUT2D eigenvalue weighted by Gasteiger charge is -2.12. The van der Waals surface area contributed by atoms with Crippen LogP contribution in [0.15, 0.2) is 36.4 Å². The third kappa shape index (κ3) is 3.97. The first-order chi connectivity index (χ1) is 12.4. The highest BCUT2D eigenvalue weighted by atomic mass is 16.6. The summed E-state index contributed by atoms with van der Waals surface area (Å²) in [5, 5.41) is 11.0. The van der Waals surface area contributed by atoms with E-state index in [9.17, 15) is 19.7 Å². The van der Waals surface area contributed by atoms with Crippen LogP contribution in [0.4, 0.5) is 5.69 Å². The van der Waals surface area contributed by atoms with Crippen molar-refractivity contribution in [2.45, 2.75) is 6.92 Å². The molecule has 0 fully saturated rings. The lowest BCUT2D eigenvalue weighted by molar-refractivity contribution is -0.385. The Hall–Kier alpha value is -3.42. The summed E-state index contributed by atoms with van der Waals surface area (Å²) in [6.07, 6.45) is 0. The van der Waals surface area contributed by atoms with Crippen molar-refractivity contribution in [2.75, 3.05) is 20.8 Å². The van der Waals surface area contributed by atoms with Crippen LogP contribution < -0.4 is 9.47 Å². The number of nitro groups is 1. The highest BCUT2D eigenvalue weighted by molar-refractivity contribution is 6.00. The Morgan fingerprint density at radius 1 is 1.12 bits per heavy atom. The molecule has 0 saturated carbocycles. The largest absolute Gasteiger partial charge is 0.493 e. The summed E-state index contributed by atoms with van der Waals surface area (Å²) in [4.78, 5) is 34.8. The summed E-state index contributed by atoms with van der Waals surface area (Å²) in [6.45, 7) is 1.01. The van der Waals surface area contributed by atoms with Gasteiger partial charge in [-0.15, -0.1) is 0 Å². The van der Waals surface area contributed by atoms with Crippen molar-refractivity contribution < 1.29 is 28.7 Å². The SMILES string of the molecule is COc1cccc(C(=O)OCC(=O)c2ccc(C)c([N+](=O)[O-])c2)c1OC. The van der Waals surface area contributed by atoms with Crippen LogP contribution in [0.25, 0.3) is 0 Å². The normalized spacial score (nSPS) is 10.1. The topological polar surface area (TPSA) is 105 Å². The first-order valence-electron chi connectivity index (χ1n) is 7.55. The van der Waals surface area contributed by atoms with E-state index >= 15 is 0 Å². The average Bonchev–Trinajstić information content (AvgIpc) is 2.65. The van der Waals surface area contributed by atoms with Gasteiger partial charge < -0.3 is 14.2 Å². The second kappa shape index (κ2) is 8.11. The lowest BCUT2D eigenvalue weighted by Crippen LogP contribution is -2.15. The van der Waals surface area contributed by atoms with Gasteiger partial charge in [-0.3, -0.25) is 14.9 Å². The third-order valence-corrected chi connectivity index (χ3v) is 3.69. The number of methoxy groups -OCH3 is 2. The second-order valence-corrected chi connectivity index (χ2v) is 5.30. The zero-order chi connectivity index (χ0) is 19.3. The van der Waals surface area contributed by atoms with E-state index in [1.807, 2.05) is 0 Å². The van der Waals surface area contributed by atoms with Gasteiger partial charge in [-0.1, -0.05) is 18.2 Å². The predicted molar refractivity (Wildman–Crippen MR) is 92.0 cm³/mol. The number of hydrogen-bond donors (Lipinski definition) is 0. The molecule has 0 spiro atoms. The lowest BCUT2D eigenvalue weighted by atomic mass is 10.1. The number of benzene rings is 2. The molecule has 0 aliphatic rings. The molecule has 2 rings (SSSR count). The van der Waals surface area contributed by atoms with Crippen LogP contribution in [-0.2, 0) is 4.74 Å². The number of Topliss-reactive ketones (excluding diaryl/α,β-unsaturated/α-hetero) is 1. The van der Waals surface area contributed by atoms with Crippen molar-refractivity contribution in [3.05, 3.63) is 63.2 Å². The number of rotatable bonds is 7. The fraction of sp³-hybridized carbons (Fsp3) is 0.222. The van der Waals surface area contributed by atoms with Crippen molar-refractivity contribution in [3.8, 4) is 11.5 Å². The maximum Gasteiger partial charge on any atom is 0.342 e. The smallest absolute Gasteiger partial charge is 0.342 e. The number of nitrogens with zero attached hydrogens (tertiary/aromatic N) is 1. The summed E-state index contributed by atoms with van der Waals surface area (Å²) in [7, 11) is 2.81. The van der Waals surface area contributed by atoms with Crippen LogP contribution in [0, 0.1) is 17.0 Å². The van der Waals surface area contributed by atoms with Crippen molar-refractivity contribution in [3.63, 3.8) is 0 Å². The Kier molecular flexibility index (Phi) is 5.90. The Bertz CT molecular complexity index is 861. The van der Waals surface area contributed by atoms with E-state index in [4.69, 9.17) is 14.2 Å². The number of aryl methyl sites for hydroxylation is 1. The minimum absolute atomic E-state index is 0.0905. The van der Waals surface area contributed by atoms with Gasteiger partial charge in [0.05, 0.1) is 19.1 Å². The molecule has 0 heterocycles. The third-order valence-electron chi connectivity index (χ3n) is 3.69.